The lowest BCUT2D eigenvalue weighted by Gasteiger charge is -2.21. The summed E-state index contributed by atoms with van der Waals surface area (Å²) in [5.74, 6) is 0.913. The molecule has 0 saturated heterocycles. The summed E-state index contributed by atoms with van der Waals surface area (Å²) in [5, 5.41) is 1.49. The summed E-state index contributed by atoms with van der Waals surface area (Å²) < 4.78 is 5.25. The van der Waals surface area contributed by atoms with E-state index in [0.29, 0.717) is 0 Å². The van der Waals surface area contributed by atoms with Crippen LogP contribution in [-0.2, 0) is 0 Å². The van der Waals surface area contributed by atoms with Crippen LogP contribution in [0.2, 0.25) is 19.6 Å². The Morgan fingerprint density at radius 1 is 1.05 bits per heavy atom. The Balaban J connectivity index is 2.44. The molecular weight excluding hydrogens is 280 g/mol. The monoisotopic (exact) mass is 302 g/mol. The van der Waals surface area contributed by atoms with Crippen LogP contribution in [-0.4, -0.2) is 15.2 Å². The van der Waals surface area contributed by atoms with Gasteiger partial charge in [0.15, 0.2) is 0 Å². The van der Waals surface area contributed by atoms with Gasteiger partial charge in [0.25, 0.3) is 0 Å². The molecule has 0 fully saturated rings. The van der Waals surface area contributed by atoms with Crippen molar-refractivity contribution in [3.63, 3.8) is 0 Å². The van der Waals surface area contributed by atoms with E-state index >= 15 is 0 Å². The summed E-state index contributed by atoms with van der Waals surface area (Å²) in [6, 6.07) is 12.8. The number of benzene rings is 1. The number of hydrogen-bond donors (Lipinski definition) is 0. The first-order valence-corrected chi connectivity index (χ1v) is 11.1. The first-order chi connectivity index (χ1) is 9.40. The molecule has 0 saturated carbocycles. The van der Waals surface area contributed by atoms with Crippen LogP contribution >= 0.6 is 11.3 Å². The highest BCUT2D eigenvalue weighted by Crippen LogP contribution is 2.31. The van der Waals surface area contributed by atoms with E-state index in [9.17, 15) is 0 Å². The molecule has 1 aromatic heterocycles. The second-order valence-electron chi connectivity index (χ2n) is 5.98. The minimum Gasteiger partial charge on any atom is -0.497 e. The molecule has 3 heteroatoms. The molecule has 0 N–H and O–H groups in total. The summed E-state index contributed by atoms with van der Waals surface area (Å²) in [4.78, 5) is 2.71. The molecule has 1 heterocycles. The summed E-state index contributed by atoms with van der Waals surface area (Å²) in [6.07, 6.45) is 2.37. The van der Waals surface area contributed by atoms with Gasteiger partial charge >= 0.3 is 0 Å². The number of methoxy groups -OCH3 is 1. The minimum absolute atomic E-state index is 0.913. The van der Waals surface area contributed by atoms with Gasteiger partial charge in [0.05, 0.1) is 15.2 Å². The van der Waals surface area contributed by atoms with Gasteiger partial charge < -0.3 is 4.74 Å². The maximum atomic E-state index is 5.25. The van der Waals surface area contributed by atoms with E-state index in [0.717, 1.165) is 5.75 Å². The maximum Gasteiger partial charge on any atom is 0.118 e. The fraction of sp³-hybridized carbons (Fsp3) is 0.294. The quantitative estimate of drug-likeness (QED) is 0.679. The predicted octanol–water partition coefficient (Wildman–Crippen LogP) is 5.48. The van der Waals surface area contributed by atoms with E-state index in [1.165, 1.54) is 20.5 Å². The van der Waals surface area contributed by atoms with Crippen molar-refractivity contribution in [3.05, 3.63) is 51.7 Å². The van der Waals surface area contributed by atoms with E-state index in [-0.39, 0.29) is 0 Å². The molecule has 0 aliphatic rings. The first-order valence-electron chi connectivity index (χ1n) is 6.83. The number of rotatable bonds is 4. The SMILES string of the molecule is COc1ccc(/C(=C\c2ccc(C)s2)[Si](C)(C)C)cc1. The van der Waals surface area contributed by atoms with Crippen molar-refractivity contribution in [2.45, 2.75) is 26.6 Å². The molecule has 0 atom stereocenters. The zero-order valence-electron chi connectivity index (χ0n) is 12.9. The molecule has 0 aliphatic heterocycles. The Labute approximate surface area is 126 Å². The van der Waals surface area contributed by atoms with Crippen LogP contribution in [0.15, 0.2) is 36.4 Å². The summed E-state index contributed by atoms with van der Waals surface area (Å²) in [5.41, 5.74) is 1.32. The Bertz CT molecular complexity index is 603. The van der Waals surface area contributed by atoms with Crippen LogP contribution in [0.1, 0.15) is 15.3 Å². The Hall–Kier alpha value is -1.32. The molecule has 2 rings (SSSR count). The van der Waals surface area contributed by atoms with Crippen LogP contribution in [0.4, 0.5) is 0 Å². The molecule has 2 aromatic rings. The number of ether oxygens (including phenoxy) is 1. The number of thiophene rings is 1. The Morgan fingerprint density at radius 2 is 1.70 bits per heavy atom. The van der Waals surface area contributed by atoms with Crippen LogP contribution in [0, 0.1) is 6.92 Å². The molecule has 0 bridgehead atoms. The van der Waals surface area contributed by atoms with E-state index in [2.05, 4.69) is 56.9 Å². The molecule has 1 nitrogen and oxygen atoms in total. The second-order valence-corrected chi connectivity index (χ2v) is 12.3. The van der Waals surface area contributed by atoms with Crippen molar-refractivity contribution >= 4 is 30.7 Å². The molecule has 1 aromatic carbocycles. The number of hydrogen-bond acceptors (Lipinski definition) is 2. The maximum absolute atomic E-state index is 5.25. The van der Waals surface area contributed by atoms with Gasteiger partial charge in [-0.2, -0.15) is 0 Å². The van der Waals surface area contributed by atoms with Crippen molar-refractivity contribution in [1.82, 2.24) is 0 Å². The largest absolute Gasteiger partial charge is 0.497 e. The van der Waals surface area contributed by atoms with E-state index in [4.69, 9.17) is 4.74 Å². The molecule has 0 spiro atoms. The molecule has 0 aliphatic carbocycles. The average Bonchev–Trinajstić information content (AvgIpc) is 2.81. The lowest BCUT2D eigenvalue weighted by molar-refractivity contribution is 0.415. The van der Waals surface area contributed by atoms with Gasteiger partial charge in [0.2, 0.25) is 0 Å². The van der Waals surface area contributed by atoms with E-state index in [1.54, 1.807) is 7.11 Å². The molecule has 106 valence electrons. The molecule has 20 heavy (non-hydrogen) atoms. The first kappa shape index (κ1) is 15.1. The van der Waals surface area contributed by atoms with Gasteiger partial charge in [0, 0.05) is 9.75 Å². The van der Waals surface area contributed by atoms with Crippen molar-refractivity contribution in [3.8, 4) is 5.75 Å². The normalized spacial score (nSPS) is 12.6. The fourth-order valence-corrected chi connectivity index (χ4v) is 4.72. The topological polar surface area (TPSA) is 9.23 Å². The highest BCUT2D eigenvalue weighted by atomic mass is 32.1. The predicted molar refractivity (Wildman–Crippen MR) is 93.3 cm³/mol. The van der Waals surface area contributed by atoms with Gasteiger partial charge in [-0.05, 0) is 42.8 Å². The van der Waals surface area contributed by atoms with Gasteiger partial charge in [-0.3, -0.25) is 0 Å². The minimum atomic E-state index is -1.40. The van der Waals surface area contributed by atoms with Crippen molar-refractivity contribution in [2.24, 2.45) is 0 Å². The van der Waals surface area contributed by atoms with Crippen molar-refractivity contribution in [2.75, 3.05) is 7.11 Å². The van der Waals surface area contributed by atoms with Crippen LogP contribution in [0.25, 0.3) is 11.3 Å². The van der Waals surface area contributed by atoms with Crippen molar-refractivity contribution in [1.29, 1.82) is 0 Å². The fourth-order valence-electron chi connectivity index (χ4n) is 2.18. The van der Waals surface area contributed by atoms with Gasteiger partial charge in [0.1, 0.15) is 5.75 Å². The third-order valence-electron chi connectivity index (χ3n) is 3.26. The highest BCUT2D eigenvalue weighted by molar-refractivity contribution is 7.13. The zero-order chi connectivity index (χ0) is 14.8. The highest BCUT2D eigenvalue weighted by Gasteiger charge is 2.21. The smallest absolute Gasteiger partial charge is 0.118 e. The standard InChI is InChI=1S/C17H22OSSi/c1-13-6-11-16(19-13)12-17(20(3,4)5)14-7-9-15(18-2)10-8-14/h6-12H,1-5H3/b17-12+. The van der Waals surface area contributed by atoms with E-state index in [1.807, 2.05) is 23.5 Å². The summed E-state index contributed by atoms with van der Waals surface area (Å²) >= 11 is 1.86. The van der Waals surface area contributed by atoms with Crippen LogP contribution < -0.4 is 4.74 Å². The lowest BCUT2D eigenvalue weighted by atomic mass is 10.2. The molecule has 0 amide bonds. The zero-order valence-corrected chi connectivity index (χ0v) is 14.7. The van der Waals surface area contributed by atoms with Gasteiger partial charge in [-0.1, -0.05) is 37.0 Å². The number of aryl methyl sites for hydroxylation is 1. The molecular formula is C17H22OSSi. The summed E-state index contributed by atoms with van der Waals surface area (Å²) in [6.45, 7) is 9.33. The van der Waals surface area contributed by atoms with Gasteiger partial charge in [-0.25, -0.2) is 0 Å². The van der Waals surface area contributed by atoms with E-state index < -0.39 is 8.07 Å². The third-order valence-corrected chi connectivity index (χ3v) is 6.25. The average molecular weight is 303 g/mol. The third kappa shape index (κ3) is 3.61. The Kier molecular flexibility index (Phi) is 4.51. The van der Waals surface area contributed by atoms with Gasteiger partial charge in [-0.15, -0.1) is 11.3 Å². The Morgan fingerprint density at radius 3 is 2.15 bits per heavy atom. The van der Waals surface area contributed by atoms with Crippen molar-refractivity contribution < 1.29 is 4.74 Å². The van der Waals surface area contributed by atoms with Crippen LogP contribution in [0.3, 0.4) is 0 Å². The summed E-state index contributed by atoms with van der Waals surface area (Å²) in [7, 11) is 0.305. The molecule has 0 radical (unpaired) electrons. The second kappa shape index (κ2) is 5.98. The molecule has 0 unspecified atom stereocenters. The van der Waals surface area contributed by atoms with Crippen LogP contribution in [0.5, 0.6) is 5.75 Å². The lowest BCUT2D eigenvalue weighted by Crippen LogP contribution is -2.22.